The zero-order valence-electron chi connectivity index (χ0n) is 16.8. The molecule has 1 amide bonds. The van der Waals surface area contributed by atoms with Crippen LogP contribution in [0.25, 0.3) is 0 Å². The summed E-state index contributed by atoms with van der Waals surface area (Å²) in [5.74, 6) is 1.42. The number of anilines is 2. The fourth-order valence-electron chi connectivity index (χ4n) is 2.92. The number of aryl methyl sites for hydroxylation is 2. The number of amides is 1. The lowest BCUT2D eigenvalue weighted by Crippen LogP contribution is -2.24. The van der Waals surface area contributed by atoms with Crippen molar-refractivity contribution in [2.45, 2.75) is 40.2 Å². The number of aromatic nitrogens is 2. The molecule has 0 bridgehead atoms. The van der Waals surface area contributed by atoms with Gasteiger partial charge in [-0.3, -0.25) is 4.79 Å². The Morgan fingerprint density at radius 3 is 2.39 bits per heavy atom. The highest BCUT2D eigenvalue weighted by Gasteiger charge is 2.11. The van der Waals surface area contributed by atoms with Crippen LogP contribution in [0.1, 0.15) is 52.8 Å². The molecule has 0 saturated carbocycles. The summed E-state index contributed by atoms with van der Waals surface area (Å²) >= 11 is 0. The zero-order valence-corrected chi connectivity index (χ0v) is 16.8. The molecule has 0 aliphatic heterocycles. The number of rotatable bonds is 6. The topological polar surface area (TPSA) is 66.9 Å². The molecule has 5 heteroatoms. The van der Waals surface area contributed by atoms with E-state index in [1.165, 1.54) is 5.56 Å². The first-order chi connectivity index (χ1) is 13.4. The predicted molar refractivity (Wildman–Crippen MR) is 113 cm³/mol. The Labute approximate surface area is 166 Å². The molecule has 2 aromatic carbocycles. The molecule has 0 spiro atoms. The van der Waals surface area contributed by atoms with Crippen molar-refractivity contribution >= 4 is 17.4 Å². The fourth-order valence-corrected chi connectivity index (χ4v) is 2.92. The molecule has 0 atom stereocenters. The Morgan fingerprint density at radius 1 is 1.00 bits per heavy atom. The molecular formula is C23H26N4O. The normalized spacial score (nSPS) is 10.8. The third-order valence-electron chi connectivity index (χ3n) is 4.62. The van der Waals surface area contributed by atoms with Gasteiger partial charge in [0, 0.05) is 18.3 Å². The molecule has 1 heterocycles. The van der Waals surface area contributed by atoms with E-state index >= 15 is 0 Å². The quantitative estimate of drug-likeness (QED) is 0.645. The van der Waals surface area contributed by atoms with Gasteiger partial charge in [0.1, 0.15) is 17.3 Å². The van der Waals surface area contributed by atoms with E-state index in [1.807, 2.05) is 43.3 Å². The number of hydrogen-bond donors (Lipinski definition) is 2. The summed E-state index contributed by atoms with van der Waals surface area (Å²) in [5.41, 5.74) is 4.79. The SMILES string of the molecule is Cc1nc(Nc2ccc(C(C)C)cc2)cc(C(=O)NCc2ccccc2C)n1. The average molecular weight is 374 g/mol. The van der Waals surface area contributed by atoms with Crippen molar-refractivity contribution in [3.05, 3.63) is 82.8 Å². The Kier molecular flexibility index (Phi) is 6.04. The molecule has 3 aromatic rings. The predicted octanol–water partition coefficient (Wildman–Crippen LogP) is 4.89. The first-order valence-electron chi connectivity index (χ1n) is 9.48. The van der Waals surface area contributed by atoms with Crippen LogP contribution in [0.5, 0.6) is 0 Å². The molecule has 3 rings (SSSR count). The van der Waals surface area contributed by atoms with Crippen molar-refractivity contribution in [1.82, 2.24) is 15.3 Å². The molecule has 0 aliphatic rings. The van der Waals surface area contributed by atoms with Crippen molar-refractivity contribution < 1.29 is 4.79 Å². The molecule has 144 valence electrons. The maximum Gasteiger partial charge on any atom is 0.270 e. The highest BCUT2D eigenvalue weighted by Crippen LogP contribution is 2.20. The average Bonchev–Trinajstić information content (AvgIpc) is 2.67. The van der Waals surface area contributed by atoms with Crippen molar-refractivity contribution in [2.75, 3.05) is 5.32 Å². The molecule has 2 N–H and O–H groups in total. The second kappa shape index (κ2) is 8.65. The van der Waals surface area contributed by atoms with Gasteiger partial charge in [-0.2, -0.15) is 0 Å². The van der Waals surface area contributed by atoms with E-state index in [9.17, 15) is 4.79 Å². The fraction of sp³-hybridized carbons (Fsp3) is 0.261. The molecular weight excluding hydrogens is 348 g/mol. The second-order valence-corrected chi connectivity index (χ2v) is 7.20. The molecule has 0 unspecified atom stereocenters. The van der Waals surface area contributed by atoms with E-state index in [1.54, 1.807) is 13.0 Å². The molecule has 5 nitrogen and oxygen atoms in total. The van der Waals surface area contributed by atoms with E-state index in [-0.39, 0.29) is 5.91 Å². The summed E-state index contributed by atoms with van der Waals surface area (Å²) in [4.78, 5) is 21.3. The smallest absolute Gasteiger partial charge is 0.270 e. The van der Waals surface area contributed by atoms with Crippen LogP contribution in [0.4, 0.5) is 11.5 Å². The lowest BCUT2D eigenvalue weighted by molar-refractivity contribution is 0.0945. The molecule has 0 saturated heterocycles. The number of carbonyl (C=O) groups is 1. The standard InChI is InChI=1S/C23H26N4O/c1-15(2)18-9-11-20(12-10-18)27-22-13-21(25-17(4)26-22)23(28)24-14-19-8-6-5-7-16(19)3/h5-13,15H,14H2,1-4H3,(H,24,28)(H,25,26,27). The number of carbonyl (C=O) groups excluding carboxylic acids is 1. The lowest BCUT2D eigenvalue weighted by Gasteiger charge is -2.11. The van der Waals surface area contributed by atoms with Gasteiger partial charge in [0.25, 0.3) is 5.91 Å². The van der Waals surface area contributed by atoms with Crippen molar-refractivity contribution in [2.24, 2.45) is 0 Å². The highest BCUT2D eigenvalue weighted by atomic mass is 16.1. The first kappa shape index (κ1) is 19.5. The Balaban J connectivity index is 1.71. The summed E-state index contributed by atoms with van der Waals surface area (Å²) in [6.45, 7) is 8.61. The Hall–Kier alpha value is -3.21. The van der Waals surface area contributed by atoms with E-state index in [2.05, 4.69) is 46.6 Å². The van der Waals surface area contributed by atoms with Gasteiger partial charge in [-0.25, -0.2) is 9.97 Å². The number of hydrogen-bond acceptors (Lipinski definition) is 4. The third-order valence-corrected chi connectivity index (χ3v) is 4.62. The van der Waals surface area contributed by atoms with Gasteiger partial charge < -0.3 is 10.6 Å². The van der Waals surface area contributed by atoms with Gasteiger partial charge in [0.05, 0.1) is 0 Å². The van der Waals surface area contributed by atoms with Crippen LogP contribution in [0.15, 0.2) is 54.6 Å². The summed E-state index contributed by atoms with van der Waals surface area (Å²) < 4.78 is 0. The summed E-state index contributed by atoms with van der Waals surface area (Å²) in [7, 11) is 0. The first-order valence-corrected chi connectivity index (χ1v) is 9.48. The number of nitrogens with one attached hydrogen (secondary N) is 2. The maximum absolute atomic E-state index is 12.6. The van der Waals surface area contributed by atoms with Crippen molar-refractivity contribution in [3.63, 3.8) is 0 Å². The van der Waals surface area contributed by atoms with E-state index in [0.717, 1.165) is 16.8 Å². The van der Waals surface area contributed by atoms with Gasteiger partial charge in [-0.05, 0) is 48.6 Å². The van der Waals surface area contributed by atoms with Crippen LogP contribution >= 0.6 is 0 Å². The van der Waals surface area contributed by atoms with Gasteiger partial charge in [-0.15, -0.1) is 0 Å². The minimum absolute atomic E-state index is 0.216. The Morgan fingerprint density at radius 2 is 1.71 bits per heavy atom. The van der Waals surface area contributed by atoms with E-state index < -0.39 is 0 Å². The number of nitrogens with zero attached hydrogens (tertiary/aromatic N) is 2. The second-order valence-electron chi connectivity index (χ2n) is 7.20. The zero-order chi connectivity index (χ0) is 20.1. The van der Waals surface area contributed by atoms with Gasteiger partial charge in [0.15, 0.2) is 0 Å². The van der Waals surface area contributed by atoms with Crippen molar-refractivity contribution in [3.8, 4) is 0 Å². The minimum atomic E-state index is -0.216. The third kappa shape index (κ3) is 4.94. The lowest BCUT2D eigenvalue weighted by atomic mass is 10.0. The Bertz CT molecular complexity index is 965. The molecule has 28 heavy (non-hydrogen) atoms. The summed E-state index contributed by atoms with van der Waals surface area (Å²) in [5, 5.41) is 6.20. The summed E-state index contributed by atoms with van der Waals surface area (Å²) in [6.07, 6.45) is 0. The molecule has 0 aliphatic carbocycles. The van der Waals surface area contributed by atoms with Crippen LogP contribution in [0, 0.1) is 13.8 Å². The van der Waals surface area contributed by atoms with Gasteiger partial charge in [-0.1, -0.05) is 50.2 Å². The highest BCUT2D eigenvalue weighted by molar-refractivity contribution is 5.93. The molecule has 0 fully saturated rings. The van der Waals surface area contributed by atoms with Gasteiger partial charge in [0.2, 0.25) is 0 Å². The van der Waals surface area contributed by atoms with Gasteiger partial charge >= 0.3 is 0 Å². The molecule has 1 aromatic heterocycles. The van der Waals surface area contributed by atoms with Crippen LogP contribution in [-0.4, -0.2) is 15.9 Å². The van der Waals surface area contributed by atoms with Crippen LogP contribution in [-0.2, 0) is 6.54 Å². The van der Waals surface area contributed by atoms with E-state index in [0.29, 0.717) is 29.8 Å². The molecule has 0 radical (unpaired) electrons. The van der Waals surface area contributed by atoms with Crippen LogP contribution in [0.3, 0.4) is 0 Å². The van der Waals surface area contributed by atoms with Crippen molar-refractivity contribution in [1.29, 1.82) is 0 Å². The monoisotopic (exact) mass is 374 g/mol. The van der Waals surface area contributed by atoms with E-state index in [4.69, 9.17) is 0 Å². The number of benzene rings is 2. The summed E-state index contributed by atoms with van der Waals surface area (Å²) in [6, 6.07) is 17.9. The largest absolute Gasteiger partial charge is 0.347 e. The van der Waals surface area contributed by atoms with Crippen LogP contribution < -0.4 is 10.6 Å². The van der Waals surface area contributed by atoms with Crippen LogP contribution in [0.2, 0.25) is 0 Å². The maximum atomic E-state index is 12.6. The minimum Gasteiger partial charge on any atom is -0.347 e.